The van der Waals surface area contributed by atoms with Gasteiger partial charge >= 0.3 is 5.97 Å². The van der Waals surface area contributed by atoms with Crippen LogP contribution in [0.5, 0.6) is 5.75 Å². The molecule has 0 saturated carbocycles. The zero-order valence-corrected chi connectivity index (χ0v) is 10.1. The van der Waals surface area contributed by atoms with Crippen LogP contribution >= 0.6 is 23.5 Å². The van der Waals surface area contributed by atoms with Gasteiger partial charge in [0, 0.05) is 11.5 Å². The van der Waals surface area contributed by atoms with Crippen molar-refractivity contribution < 1.29 is 9.53 Å². The van der Waals surface area contributed by atoms with E-state index in [4.69, 9.17) is 4.74 Å². The summed E-state index contributed by atoms with van der Waals surface area (Å²) in [6.07, 6.45) is 0. The van der Waals surface area contributed by atoms with E-state index < -0.39 is 0 Å². The molecule has 2 nitrogen and oxygen atoms in total. The van der Waals surface area contributed by atoms with Crippen molar-refractivity contribution in [3.8, 4) is 5.75 Å². The third-order valence-electron chi connectivity index (χ3n) is 2.05. The molecule has 15 heavy (non-hydrogen) atoms. The largest absolute Gasteiger partial charge is 0.425 e. The Morgan fingerprint density at radius 1 is 1.27 bits per heavy atom. The molecule has 0 radical (unpaired) electrons. The summed E-state index contributed by atoms with van der Waals surface area (Å²) in [5, 5.41) is 0. The molecule has 1 aromatic carbocycles. The number of hydrogen-bond donors (Lipinski definition) is 0. The summed E-state index contributed by atoms with van der Waals surface area (Å²) in [6, 6.07) is 7.55. The van der Waals surface area contributed by atoms with Crippen LogP contribution in [0.2, 0.25) is 0 Å². The van der Waals surface area contributed by atoms with E-state index in [1.807, 2.05) is 31.2 Å². The number of aryl methyl sites for hydroxylation is 1. The van der Waals surface area contributed by atoms with Gasteiger partial charge in [0.2, 0.25) is 0 Å². The zero-order chi connectivity index (χ0) is 10.7. The van der Waals surface area contributed by atoms with Crippen LogP contribution in [0, 0.1) is 6.92 Å². The first-order valence-electron chi connectivity index (χ1n) is 4.77. The average molecular weight is 240 g/mol. The lowest BCUT2D eigenvalue weighted by molar-refractivity contribution is -0.132. The van der Waals surface area contributed by atoms with Gasteiger partial charge in [-0.15, -0.1) is 23.5 Å². The van der Waals surface area contributed by atoms with Crippen molar-refractivity contribution in [2.24, 2.45) is 0 Å². The highest BCUT2D eigenvalue weighted by atomic mass is 32.2. The van der Waals surface area contributed by atoms with E-state index in [-0.39, 0.29) is 10.6 Å². The fourth-order valence-electron chi connectivity index (χ4n) is 1.27. The van der Waals surface area contributed by atoms with Gasteiger partial charge in [0.25, 0.3) is 0 Å². The Labute approximate surface area is 97.8 Å². The van der Waals surface area contributed by atoms with Crippen LogP contribution in [0.4, 0.5) is 0 Å². The van der Waals surface area contributed by atoms with Crippen LogP contribution in [0.15, 0.2) is 24.3 Å². The topological polar surface area (TPSA) is 26.3 Å². The first kappa shape index (κ1) is 10.9. The van der Waals surface area contributed by atoms with E-state index in [0.717, 1.165) is 11.5 Å². The molecular weight excluding hydrogens is 228 g/mol. The molecule has 0 atom stereocenters. The quantitative estimate of drug-likeness (QED) is 0.586. The second-order valence-electron chi connectivity index (χ2n) is 3.31. The van der Waals surface area contributed by atoms with Crippen LogP contribution < -0.4 is 4.74 Å². The molecule has 1 fully saturated rings. The van der Waals surface area contributed by atoms with Gasteiger partial charge in [-0.1, -0.05) is 17.7 Å². The van der Waals surface area contributed by atoms with Crippen LogP contribution in [0.25, 0.3) is 0 Å². The summed E-state index contributed by atoms with van der Waals surface area (Å²) in [5.41, 5.74) is 1.17. The molecule has 4 heteroatoms. The smallest absolute Gasteiger partial charge is 0.334 e. The normalized spacial score (nSPS) is 16.6. The van der Waals surface area contributed by atoms with Gasteiger partial charge in [0.05, 0.1) is 0 Å². The van der Waals surface area contributed by atoms with Crippen molar-refractivity contribution in [2.75, 3.05) is 11.5 Å². The Morgan fingerprint density at radius 2 is 1.87 bits per heavy atom. The van der Waals surface area contributed by atoms with E-state index in [1.165, 1.54) is 5.56 Å². The van der Waals surface area contributed by atoms with Crippen molar-refractivity contribution in [3.63, 3.8) is 0 Å². The molecule has 1 aliphatic heterocycles. The maximum absolute atomic E-state index is 11.6. The number of carbonyl (C=O) groups is 1. The van der Waals surface area contributed by atoms with Gasteiger partial charge in [-0.2, -0.15) is 0 Å². The van der Waals surface area contributed by atoms with Gasteiger partial charge < -0.3 is 4.74 Å². The van der Waals surface area contributed by atoms with Crippen molar-refractivity contribution in [1.29, 1.82) is 0 Å². The number of ether oxygens (including phenoxy) is 1. The SMILES string of the molecule is Cc1ccc(OC(=O)C2SCCS2)cc1. The highest BCUT2D eigenvalue weighted by Gasteiger charge is 2.25. The summed E-state index contributed by atoms with van der Waals surface area (Å²) >= 11 is 3.32. The standard InChI is InChI=1S/C11H12O2S2/c1-8-2-4-9(5-3-8)13-10(12)11-14-6-7-15-11/h2-5,11H,6-7H2,1H3. The molecule has 0 bridgehead atoms. The second kappa shape index (κ2) is 4.94. The highest BCUT2D eigenvalue weighted by Crippen LogP contribution is 2.32. The lowest BCUT2D eigenvalue weighted by atomic mass is 10.2. The molecule has 1 saturated heterocycles. The fraction of sp³-hybridized carbons (Fsp3) is 0.364. The molecule has 80 valence electrons. The van der Waals surface area contributed by atoms with Gasteiger partial charge in [-0.05, 0) is 19.1 Å². The minimum absolute atomic E-state index is 0.0358. The molecule has 0 aromatic heterocycles. The number of thioether (sulfide) groups is 2. The summed E-state index contributed by atoms with van der Waals surface area (Å²) < 4.78 is 5.24. The molecule has 0 N–H and O–H groups in total. The van der Waals surface area contributed by atoms with Gasteiger partial charge in [-0.25, -0.2) is 4.79 Å². The Hall–Kier alpha value is -0.610. The van der Waals surface area contributed by atoms with E-state index in [1.54, 1.807) is 23.5 Å². The molecule has 0 unspecified atom stereocenters. The Bertz CT molecular complexity index is 342. The minimum atomic E-state index is -0.133. The predicted molar refractivity (Wildman–Crippen MR) is 65.5 cm³/mol. The second-order valence-corrected chi connectivity index (χ2v) is 6.03. The average Bonchev–Trinajstić information content (AvgIpc) is 2.74. The lowest BCUT2D eigenvalue weighted by Crippen LogP contribution is -2.17. The number of benzene rings is 1. The molecule has 0 spiro atoms. The van der Waals surface area contributed by atoms with E-state index in [9.17, 15) is 4.79 Å². The number of carbonyl (C=O) groups excluding carboxylic acids is 1. The number of rotatable bonds is 2. The maximum atomic E-state index is 11.6. The van der Waals surface area contributed by atoms with Gasteiger partial charge in [0.1, 0.15) is 10.3 Å². The number of hydrogen-bond acceptors (Lipinski definition) is 4. The molecule has 1 aliphatic rings. The van der Waals surface area contributed by atoms with Crippen LogP contribution in [-0.4, -0.2) is 22.1 Å². The zero-order valence-electron chi connectivity index (χ0n) is 8.43. The van der Waals surface area contributed by atoms with Crippen molar-refractivity contribution in [3.05, 3.63) is 29.8 Å². The Kier molecular flexibility index (Phi) is 3.59. The third-order valence-corrected chi connectivity index (χ3v) is 5.00. The predicted octanol–water partition coefficient (Wildman–Crippen LogP) is 2.71. The van der Waals surface area contributed by atoms with E-state index >= 15 is 0 Å². The Morgan fingerprint density at radius 3 is 2.47 bits per heavy atom. The summed E-state index contributed by atoms with van der Waals surface area (Å²) in [5.74, 6) is 2.58. The minimum Gasteiger partial charge on any atom is -0.425 e. The van der Waals surface area contributed by atoms with Crippen LogP contribution in [0.1, 0.15) is 5.56 Å². The third kappa shape index (κ3) is 2.92. The van der Waals surface area contributed by atoms with Gasteiger partial charge in [0.15, 0.2) is 0 Å². The summed E-state index contributed by atoms with van der Waals surface area (Å²) in [6.45, 7) is 2.01. The molecule has 0 aliphatic carbocycles. The first-order valence-corrected chi connectivity index (χ1v) is 6.87. The van der Waals surface area contributed by atoms with Crippen molar-refractivity contribution in [2.45, 2.75) is 11.5 Å². The molecule has 0 amide bonds. The lowest BCUT2D eigenvalue weighted by Gasteiger charge is -2.08. The van der Waals surface area contributed by atoms with Crippen molar-refractivity contribution in [1.82, 2.24) is 0 Å². The van der Waals surface area contributed by atoms with E-state index in [0.29, 0.717) is 5.75 Å². The Balaban J connectivity index is 1.96. The first-order chi connectivity index (χ1) is 7.25. The molecular formula is C11H12O2S2. The summed E-state index contributed by atoms with van der Waals surface area (Å²) in [7, 11) is 0. The monoisotopic (exact) mass is 240 g/mol. The maximum Gasteiger partial charge on any atom is 0.334 e. The molecule has 2 rings (SSSR count). The van der Waals surface area contributed by atoms with Crippen LogP contribution in [0.3, 0.4) is 0 Å². The van der Waals surface area contributed by atoms with Crippen molar-refractivity contribution >= 4 is 29.5 Å². The fourth-order valence-corrected chi connectivity index (χ4v) is 3.79. The number of esters is 1. The molecule has 1 heterocycles. The molecule has 1 aromatic rings. The highest BCUT2D eigenvalue weighted by molar-refractivity contribution is 8.21. The summed E-state index contributed by atoms with van der Waals surface area (Å²) in [4.78, 5) is 11.6. The van der Waals surface area contributed by atoms with Crippen LogP contribution in [-0.2, 0) is 4.79 Å². The van der Waals surface area contributed by atoms with Gasteiger partial charge in [-0.3, -0.25) is 0 Å². The van der Waals surface area contributed by atoms with E-state index in [2.05, 4.69) is 0 Å².